The van der Waals surface area contributed by atoms with Gasteiger partial charge in [-0.15, -0.1) is 0 Å². The molecule has 0 amide bonds. The van der Waals surface area contributed by atoms with Crippen LogP contribution < -0.4 is 5.73 Å². The summed E-state index contributed by atoms with van der Waals surface area (Å²) in [5, 5.41) is 0. The van der Waals surface area contributed by atoms with Crippen molar-refractivity contribution in [2.24, 2.45) is 0 Å². The zero-order chi connectivity index (χ0) is 14.3. The van der Waals surface area contributed by atoms with Crippen LogP contribution in [0.5, 0.6) is 0 Å². The van der Waals surface area contributed by atoms with Crippen molar-refractivity contribution in [3.05, 3.63) is 63.2 Å². The summed E-state index contributed by atoms with van der Waals surface area (Å²) in [5.74, 6) is 0. The fourth-order valence-corrected chi connectivity index (χ4v) is 3.46. The molecule has 0 aliphatic heterocycles. The summed E-state index contributed by atoms with van der Waals surface area (Å²) in [6.07, 6.45) is 4.41. The monoisotopic (exact) mass is 265 g/mol. The SMILES string of the molecule is Cc1cc2c(C)c(c1)CCc1cc(N)cc(c1C)CC2. The Hall–Kier alpha value is -1.76. The van der Waals surface area contributed by atoms with Gasteiger partial charge in [0.15, 0.2) is 0 Å². The molecule has 104 valence electrons. The fraction of sp³-hybridized carbons (Fsp3) is 0.368. The van der Waals surface area contributed by atoms with Gasteiger partial charge in [-0.25, -0.2) is 0 Å². The molecule has 0 heterocycles. The summed E-state index contributed by atoms with van der Waals surface area (Å²) in [7, 11) is 0. The molecule has 0 saturated carbocycles. The molecule has 2 aromatic carbocycles. The van der Waals surface area contributed by atoms with Crippen molar-refractivity contribution in [2.45, 2.75) is 46.5 Å². The van der Waals surface area contributed by atoms with E-state index in [4.69, 9.17) is 5.73 Å². The molecule has 2 N–H and O–H groups in total. The Balaban J connectivity index is 2.10. The van der Waals surface area contributed by atoms with E-state index >= 15 is 0 Å². The summed E-state index contributed by atoms with van der Waals surface area (Å²) in [5.41, 5.74) is 17.2. The molecule has 1 aliphatic carbocycles. The van der Waals surface area contributed by atoms with Gasteiger partial charge < -0.3 is 5.73 Å². The van der Waals surface area contributed by atoms with Gasteiger partial charge in [0.05, 0.1) is 0 Å². The molecular weight excluding hydrogens is 242 g/mol. The predicted molar refractivity (Wildman–Crippen MR) is 86.3 cm³/mol. The molecule has 1 nitrogen and oxygen atoms in total. The minimum atomic E-state index is 0.915. The molecular formula is C19H23N. The molecule has 0 spiro atoms. The standard InChI is InChI=1S/C19H23N/c1-12-8-15-4-6-17-10-19(20)11-18(14(17)3)7-5-16(9-12)13(15)2/h8-11H,4-7,20H2,1-3H3. The minimum Gasteiger partial charge on any atom is -0.399 e. The molecule has 20 heavy (non-hydrogen) atoms. The number of anilines is 1. The van der Waals surface area contributed by atoms with E-state index in [1.165, 1.54) is 38.9 Å². The van der Waals surface area contributed by atoms with Crippen molar-refractivity contribution in [2.75, 3.05) is 5.73 Å². The lowest BCUT2D eigenvalue weighted by atomic mass is 9.87. The van der Waals surface area contributed by atoms with Crippen LogP contribution >= 0.6 is 0 Å². The smallest absolute Gasteiger partial charge is 0.0319 e. The number of benzene rings is 2. The molecule has 1 heteroatoms. The zero-order valence-corrected chi connectivity index (χ0v) is 12.7. The van der Waals surface area contributed by atoms with Gasteiger partial charge in [-0.05, 0) is 92.0 Å². The first kappa shape index (κ1) is 13.2. The number of nitrogen functional groups attached to an aromatic ring is 1. The molecule has 0 aromatic heterocycles. The zero-order valence-electron chi connectivity index (χ0n) is 12.7. The lowest BCUT2D eigenvalue weighted by molar-refractivity contribution is 0.873. The first-order valence-electron chi connectivity index (χ1n) is 7.51. The first-order chi connectivity index (χ1) is 9.54. The van der Waals surface area contributed by atoms with Gasteiger partial charge in [0, 0.05) is 5.69 Å². The van der Waals surface area contributed by atoms with Crippen molar-refractivity contribution < 1.29 is 0 Å². The second-order valence-corrected chi connectivity index (χ2v) is 6.17. The Labute approximate surface area is 121 Å². The lowest BCUT2D eigenvalue weighted by Gasteiger charge is -2.19. The molecule has 4 bridgehead atoms. The third kappa shape index (κ3) is 2.33. The van der Waals surface area contributed by atoms with Crippen molar-refractivity contribution in [3.8, 4) is 0 Å². The maximum atomic E-state index is 6.07. The molecule has 2 aromatic rings. The van der Waals surface area contributed by atoms with Crippen LogP contribution in [0.4, 0.5) is 5.69 Å². The van der Waals surface area contributed by atoms with E-state index in [0.29, 0.717) is 0 Å². The summed E-state index contributed by atoms with van der Waals surface area (Å²) in [4.78, 5) is 0. The predicted octanol–water partition coefficient (Wildman–Crippen LogP) is 4.08. The second kappa shape index (κ2) is 4.97. The van der Waals surface area contributed by atoms with E-state index in [1.807, 2.05) is 0 Å². The van der Waals surface area contributed by atoms with Crippen molar-refractivity contribution in [1.29, 1.82) is 0 Å². The van der Waals surface area contributed by atoms with Gasteiger partial charge in [-0.3, -0.25) is 0 Å². The van der Waals surface area contributed by atoms with Gasteiger partial charge in [0.2, 0.25) is 0 Å². The number of fused-ring (bicyclic) bond motifs is 4. The molecule has 0 saturated heterocycles. The summed E-state index contributed by atoms with van der Waals surface area (Å²) < 4.78 is 0. The number of hydrogen-bond acceptors (Lipinski definition) is 1. The maximum Gasteiger partial charge on any atom is 0.0319 e. The highest BCUT2D eigenvalue weighted by Gasteiger charge is 2.13. The Morgan fingerprint density at radius 2 is 1.00 bits per heavy atom. The first-order valence-corrected chi connectivity index (χ1v) is 7.51. The maximum absolute atomic E-state index is 6.07. The molecule has 0 atom stereocenters. The average molecular weight is 265 g/mol. The molecule has 0 radical (unpaired) electrons. The summed E-state index contributed by atoms with van der Waals surface area (Å²) >= 11 is 0. The van der Waals surface area contributed by atoms with Gasteiger partial charge >= 0.3 is 0 Å². The van der Waals surface area contributed by atoms with Crippen LogP contribution in [0, 0.1) is 20.8 Å². The van der Waals surface area contributed by atoms with Crippen molar-refractivity contribution >= 4 is 5.69 Å². The van der Waals surface area contributed by atoms with Gasteiger partial charge in [0.25, 0.3) is 0 Å². The number of aryl methyl sites for hydroxylation is 5. The lowest BCUT2D eigenvalue weighted by Crippen LogP contribution is -2.07. The molecule has 3 rings (SSSR count). The average Bonchev–Trinajstić information content (AvgIpc) is 2.40. The Kier molecular flexibility index (Phi) is 3.29. The van der Waals surface area contributed by atoms with Crippen LogP contribution in [-0.2, 0) is 25.7 Å². The van der Waals surface area contributed by atoms with E-state index in [9.17, 15) is 0 Å². The third-order valence-electron chi connectivity index (χ3n) is 4.74. The highest BCUT2D eigenvalue weighted by Crippen LogP contribution is 2.27. The third-order valence-corrected chi connectivity index (χ3v) is 4.74. The van der Waals surface area contributed by atoms with E-state index in [0.717, 1.165) is 31.4 Å². The fourth-order valence-electron chi connectivity index (χ4n) is 3.46. The Bertz CT molecular complexity index is 558. The quantitative estimate of drug-likeness (QED) is 0.714. The normalized spacial score (nSPS) is 14.2. The number of nitrogens with two attached hydrogens (primary N) is 1. The van der Waals surface area contributed by atoms with E-state index in [1.54, 1.807) is 0 Å². The van der Waals surface area contributed by atoms with Gasteiger partial charge in [0.1, 0.15) is 0 Å². The van der Waals surface area contributed by atoms with Crippen molar-refractivity contribution in [1.82, 2.24) is 0 Å². The largest absolute Gasteiger partial charge is 0.399 e. The number of rotatable bonds is 0. The van der Waals surface area contributed by atoms with Crippen LogP contribution in [0.2, 0.25) is 0 Å². The Morgan fingerprint density at radius 3 is 1.40 bits per heavy atom. The molecule has 0 unspecified atom stereocenters. The van der Waals surface area contributed by atoms with Crippen LogP contribution in [-0.4, -0.2) is 0 Å². The second-order valence-electron chi connectivity index (χ2n) is 6.17. The highest BCUT2D eigenvalue weighted by molar-refractivity contribution is 5.51. The van der Waals surface area contributed by atoms with E-state index in [2.05, 4.69) is 45.0 Å². The van der Waals surface area contributed by atoms with Crippen LogP contribution in [0.15, 0.2) is 24.3 Å². The van der Waals surface area contributed by atoms with Crippen LogP contribution in [0.1, 0.15) is 38.9 Å². The summed E-state index contributed by atoms with van der Waals surface area (Å²) in [6, 6.07) is 9.02. The van der Waals surface area contributed by atoms with E-state index < -0.39 is 0 Å². The van der Waals surface area contributed by atoms with Crippen LogP contribution in [0.25, 0.3) is 0 Å². The minimum absolute atomic E-state index is 0.915. The summed E-state index contributed by atoms with van der Waals surface area (Å²) in [6.45, 7) is 6.74. The van der Waals surface area contributed by atoms with Gasteiger partial charge in [-0.1, -0.05) is 17.7 Å². The van der Waals surface area contributed by atoms with Crippen LogP contribution in [0.3, 0.4) is 0 Å². The van der Waals surface area contributed by atoms with Gasteiger partial charge in [-0.2, -0.15) is 0 Å². The molecule has 0 fully saturated rings. The highest BCUT2D eigenvalue weighted by atomic mass is 14.5. The Morgan fingerprint density at radius 1 is 0.650 bits per heavy atom. The molecule has 1 aliphatic rings. The topological polar surface area (TPSA) is 26.0 Å². The van der Waals surface area contributed by atoms with Crippen molar-refractivity contribution in [3.63, 3.8) is 0 Å². The number of hydrogen-bond donors (Lipinski definition) is 1. The van der Waals surface area contributed by atoms with E-state index in [-0.39, 0.29) is 0 Å².